The topological polar surface area (TPSA) is 29.0 Å². The highest BCUT2D eigenvalue weighted by atomic mass is 15.2. The number of hydrogen-bond acceptors (Lipinski definition) is 3. The predicted octanol–water partition coefficient (Wildman–Crippen LogP) is 8.41. The summed E-state index contributed by atoms with van der Waals surface area (Å²) in [6, 6.07) is 42.7. The van der Waals surface area contributed by atoms with E-state index < -0.39 is 0 Å². The first-order valence-electron chi connectivity index (χ1n) is 11.8. The lowest BCUT2D eigenvalue weighted by Gasteiger charge is -2.32. The van der Waals surface area contributed by atoms with Crippen molar-refractivity contribution in [3.05, 3.63) is 128 Å². The SMILES string of the molecule is c1ccc(-c2cccc(-c3cc4c5c(ncnc5c3)N(c3ccccc3)c3ccccc3-4)c2)cc1. The molecule has 5 aromatic carbocycles. The molecule has 3 heteroatoms. The molecule has 1 aromatic heterocycles. The normalized spacial score (nSPS) is 11.9. The van der Waals surface area contributed by atoms with Crippen molar-refractivity contribution in [3.63, 3.8) is 0 Å². The molecule has 2 heterocycles. The molecule has 0 spiro atoms. The first-order valence-corrected chi connectivity index (χ1v) is 11.8. The second-order valence-corrected chi connectivity index (χ2v) is 8.75. The number of fused-ring (bicyclic) bond motifs is 2. The quantitative estimate of drug-likeness (QED) is 0.272. The van der Waals surface area contributed by atoms with Crippen LogP contribution in [0.2, 0.25) is 0 Å². The Morgan fingerprint density at radius 3 is 2.00 bits per heavy atom. The van der Waals surface area contributed by atoms with Gasteiger partial charge in [0.05, 0.1) is 16.6 Å². The van der Waals surface area contributed by atoms with E-state index in [2.05, 4.69) is 120 Å². The number of aromatic nitrogens is 2. The molecule has 0 fully saturated rings. The van der Waals surface area contributed by atoms with Gasteiger partial charge in [0.1, 0.15) is 12.1 Å². The highest BCUT2D eigenvalue weighted by Crippen LogP contribution is 2.50. The molecule has 0 bridgehead atoms. The second kappa shape index (κ2) is 7.93. The zero-order chi connectivity index (χ0) is 23.2. The molecule has 0 unspecified atom stereocenters. The van der Waals surface area contributed by atoms with Crippen LogP contribution in [0.4, 0.5) is 17.2 Å². The summed E-state index contributed by atoms with van der Waals surface area (Å²) in [5.74, 6) is 0.916. The Labute approximate surface area is 204 Å². The van der Waals surface area contributed by atoms with Crippen LogP contribution in [0.1, 0.15) is 0 Å². The summed E-state index contributed by atoms with van der Waals surface area (Å²) in [6.45, 7) is 0. The number of anilines is 3. The minimum atomic E-state index is 0.916. The molecular formula is C32H21N3. The fourth-order valence-electron chi connectivity index (χ4n) is 5.08. The van der Waals surface area contributed by atoms with Crippen LogP contribution in [0.15, 0.2) is 128 Å². The number of benzene rings is 5. The van der Waals surface area contributed by atoms with Crippen molar-refractivity contribution >= 4 is 28.1 Å². The zero-order valence-corrected chi connectivity index (χ0v) is 19.0. The fraction of sp³-hybridized carbons (Fsp3) is 0. The molecule has 0 atom stereocenters. The second-order valence-electron chi connectivity index (χ2n) is 8.75. The van der Waals surface area contributed by atoms with Gasteiger partial charge in [-0.05, 0) is 64.2 Å². The van der Waals surface area contributed by atoms with Crippen LogP contribution >= 0.6 is 0 Å². The van der Waals surface area contributed by atoms with Crippen LogP contribution in [0.25, 0.3) is 44.3 Å². The number of rotatable bonds is 3. The molecule has 0 aliphatic carbocycles. The van der Waals surface area contributed by atoms with E-state index in [-0.39, 0.29) is 0 Å². The molecule has 35 heavy (non-hydrogen) atoms. The van der Waals surface area contributed by atoms with Crippen molar-refractivity contribution in [1.29, 1.82) is 0 Å². The fourth-order valence-corrected chi connectivity index (χ4v) is 5.08. The monoisotopic (exact) mass is 447 g/mol. The molecule has 0 saturated heterocycles. The molecule has 1 aliphatic heterocycles. The Hall–Kier alpha value is -4.76. The Morgan fingerprint density at radius 2 is 1.17 bits per heavy atom. The third kappa shape index (κ3) is 3.21. The highest BCUT2D eigenvalue weighted by molar-refractivity contribution is 6.12. The van der Waals surface area contributed by atoms with E-state index in [1.54, 1.807) is 6.33 Å². The third-order valence-electron chi connectivity index (χ3n) is 6.68. The molecule has 164 valence electrons. The van der Waals surface area contributed by atoms with E-state index in [1.165, 1.54) is 27.8 Å². The van der Waals surface area contributed by atoms with Crippen LogP contribution < -0.4 is 4.90 Å². The summed E-state index contributed by atoms with van der Waals surface area (Å²) in [7, 11) is 0. The Balaban J connectivity index is 1.47. The van der Waals surface area contributed by atoms with Gasteiger partial charge in [-0.15, -0.1) is 0 Å². The van der Waals surface area contributed by atoms with Gasteiger partial charge in [-0.25, -0.2) is 9.97 Å². The molecule has 6 aromatic rings. The van der Waals surface area contributed by atoms with E-state index in [0.717, 1.165) is 33.7 Å². The van der Waals surface area contributed by atoms with Crippen LogP contribution in [0.3, 0.4) is 0 Å². The van der Waals surface area contributed by atoms with Gasteiger partial charge in [-0.1, -0.05) is 84.9 Å². The maximum Gasteiger partial charge on any atom is 0.149 e. The molecule has 0 radical (unpaired) electrons. The highest BCUT2D eigenvalue weighted by Gasteiger charge is 2.27. The first kappa shape index (κ1) is 19.7. The number of hydrogen-bond donors (Lipinski definition) is 0. The van der Waals surface area contributed by atoms with Crippen molar-refractivity contribution in [2.24, 2.45) is 0 Å². The van der Waals surface area contributed by atoms with E-state index >= 15 is 0 Å². The van der Waals surface area contributed by atoms with Gasteiger partial charge in [-0.2, -0.15) is 0 Å². The summed E-state index contributed by atoms with van der Waals surface area (Å²) in [5, 5.41) is 1.08. The van der Waals surface area contributed by atoms with E-state index in [0.29, 0.717) is 0 Å². The smallest absolute Gasteiger partial charge is 0.149 e. The summed E-state index contributed by atoms with van der Waals surface area (Å²) >= 11 is 0. The standard InChI is InChI=1S/C32H21N3/c1-3-10-22(11-4-1)23-12-9-13-24(18-23)25-19-28-27-16-7-8-17-30(27)35(26-14-5-2-6-15-26)32-31(28)29(20-25)33-21-34-32/h1-21H. The molecule has 1 aliphatic rings. The Bertz CT molecular complexity index is 1690. The minimum absolute atomic E-state index is 0.916. The lowest BCUT2D eigenvalue weighted by molar-refractivity contribution is 1.14. The molecule has 0 N–H and O–H groups in total. The first-order chi connectivity index (χ1) is 17.4. The summed E-state index contributed by atoms with van der Waals surface area (Å²) in [6.07, 6.45) is 1.68. The molecule has 0 saturated carbocycles. The third-order valence-corrected chi connectivity index (χ3v) is 6.68. The van der Waals surface area contributed by atoms with Crippen LogP contribution in [-0.2, 0) is 0 Å². The van der Waals surface area contributed by atoms with E-state index in [4.69, 9.17) is 9.97 Å². The maximum atomic E-state index is 4.77. The maximum absolute atomic E-state index is 4.77. The number of para-hydroxylation sites is 2. The lowest BCUT2D eigenvalue weighted by Crippen LogP contribution is -2.16. The largest absolute Gasteiger partial charge is 0.294 e. The Kier molecular flexibility index (Phi) is 4.46. The summed E-state index contributed by atoms with van der Waals surface area (Å²) in [4.78, 5) is 11.7. The van der Waals surface area contributed by atoms with Gasteiger partial charge >= 0.3 is 0 Å². The van der Waals surface area contributed by atoms with Gasteiger partial charge in [0, 0.05) is 11.3 Å². The lowest BCUT2D eigenvalue weighted by atomic mass is 9.90. The van der Waals surface area contributed by atoms with Crippen molar-refractivity contribution in [1.82, 2.24) is 9.97 Å². The van der Waals surface area contributed by atoms with E-state index in [1.807, 2.05) is 6.07 Å². The van der Waals surface area contributed by atoms with Crippen LogP contribution in [-0.4, -0.2) is 9.97 Å². The van der Waals surface area contributed by atoms with Crippen molar-refractivity contribution in [2.45, 2.75) is 0 Å². The average Bonchev–Trinajstić information content (AvgIpc) is 2.94. The zero-order valence-electron chi connectivity index (χ0n) is 19.0. The van der Waals surface area contributed by atoms with Crippen molar-refractivity contribution in [3.8, 4) is 33.4 Å². The van der Waals surface area contributed by atoms with Gasteiger partial charge < -0.3 is 0 Å². The molecular weight excluding hydrogens is 426 g/mol. The predicted molar refractivity (Wildman–Crippen MR) is 144 cm³/mol. The number of nitrogens with zero attached hydrogens (tertiary/aromatic N) is 3. The van der Waals surface area contributed by atoms with Crippen LogP contribution in [0, 0.1) is 0 Å². The van der Waals surface area contributed by atoms with Gasteiger partial charge in [-0.3, -0.25) is 4.90 Å². The summed E-state index contributed by atoms with van der Waals surface area (Å²) < 4.78 is 0. The minimum Gasteiger partial charge on any atom is -0.294 e. The molecule has 0 amide bonds. The summed E-state index contributed by atoms with van der Waals surface area (Å²) in [5.41, 5.74) is 10.3. The van der Waals surface area contributed by atoms with Gasteiger partial charge in [0.25, 0.3) is 0 Å². The van der Waals surface area contributed by atoms with E-state index in [9.17, 15) is 0 Å². The van der Waals surface area contributed by atoms with Crippen molar-refractivity contribution in [2.75, 3.05) is 4.90 Å². The van der Waals surface area contributed by atoms with Gasteiger partial charge in [0.15, 0.2) is 0 Å². The van der Waals surface area contributed by atoms with Crippen molar-refractivity contribution < 1.29 is 0 Å². The Morgan fingerprint density at radius 1 is 0.486 bits per heavy atom. The van der Waals surface area contributed by atoms with Crippen LogP contribution in [0.5, 0.6) is 0 Å². The van der Waals surface area contributed by atoms with Gasteiger partial charge in [0.2, 0.25) is 0 Å². The average molecular weight is 448 g/mol. The molecule has 3 nitrogen and oxygen atoms in total. The molecule has 7 rings (SSSR count).